The smallest absolute Gasteiger partial charge is 0.164 e. The van der Waals surface area contributed by atoms with Gasteiger partial charge in [0.05, 0.1) is 19.8 Å². The first-order valence-corrected chi connectivity index (χ1v) is 5.43. The van der Waals surface area contributed by atoms with E-state index in [-0.39, 0.29) is 18.5 Å². The van der Waals surface area contributed by atoms with E-state index < -0.39 is 0 Å². The van der Waals surface area contributed by atoms with Crippen molar-refractivity contribution in [3.05, 3.63) is 23.5 Å². The molecule has 0 saturated heterocycles. The zero-order chi connectivity index (χ0) is 12.8. The van der Waals surface area contributed by atoms with Crippen molar-refractivity contribution in [2.75, 3.05) is 13.7 Å². The van der Waals surface area contributed by atoms with Gasteiger partial charge in [0.1, 0.15) is 5.82 Å². The van der Waals surface area contributed by atoms with Gasteiger partial charge in [-0.2, -0.15) is 0 Å². The van der Waals surface area contributed by atoms with Crippen LogP contribution in [0.5, 0.6) is 11.5 Å². The van der Waals surface area contributed by atoms with E-state index >= 15 is 0 Å². The number of benzene rings is 1. The summed E-state index contributed by atoms with van der Waals surface area (Å²) >= 11 is 0. The minimum atomic E-state index is -0.349. The predicted octanol–water partition coefficient (Wildman–Crippen LogP) is 2.05. The van der Waals surface area contributed by atoms with Gasteiger partial charge in [-0.3, -0.25) is 0 Å². The maximum atomic E-state index is 13.7. The molecule has 0 fully saturated rings. The van der Waals surface area contributed by atoms with Crippen molar-refractivity contribution in [3.8, 4) is 11.5 Å². The maximum Gasteiger partial charge on any atom is 0.164 e. The lowest BCUT2D eigenvalue weighted by atomic mass is 10.1. The lowest BCUT2D eigenvalue weighted by molar-refractivity contribution is 0.140. The number of halogens is 1. The molecule has 0 aliphatic heterocycles. The highest BCUT2D eigenvalue weighted by Crippen LogP contribution is 2.31. The molecule has 0 spiro atoms. The summed E-state index contributed by atoms with van der Waals surface area (Å²) in [6.07, 6.45) is 0.349. The van der Waals surface area contributed by atoms with Crippen LogP contribution in [0.4, 0.5) is 4.39 Å². The van der Waals surface area contributed by atoms with E-state index in [2.05, 4.69) is 4.84 Å². The Balaban J connectivity index is 2.97. The first kappa shape index (κ1) is 13.7. The van der Waals surface area contributed by atoms with Crippen molar-refractivity contribution >= 4 is 0 Å². The number of methoxy groups -OCH3 is 1. The number of hydrogen-bond acceptors (Lipinski definition) is 4. The topological polar surface area (TPSA) is 53.7 Å². The molecular formula is C12H18FNO3. The highest BCUT2D eigenvalue weighted by Gasteiger charge is 2.12. The molecule has 0 aliphatic carbocycles. The molecule has 17 heavy (non-hydrogen) atoms. The van der Waals surface area contributed by atoms with Gasteiger partial charge >= 0.3 is 0 Å². The fraction of sp³-hybridized carbons (Fsp3) is 0.500. The first-order valence-electron chi connectivity index (χ1n) is 5.43. The van der Waals surface area contributed by atoms with Crippen LogP contribution in [-0.2, 0) is 11.3 Å². The standard InChI is InChI=1S/C12H18FNO3/c1-8(2)17-12-7-10(13)9(4-5-16-14)6-11(12)15-3/h6-8H,4-5,14H2,1-3H3. The zero-order valence-electron chi connectivity index (χ0n) is 10.3. The molecule has 4 nitrogen and oxygen atoms in total. The van der Waals surface area contributed by atoms with E-state index in [1.54, 1.807) is 6.07 Å². The highest BCUT2D eigenvalue weighted by molar-refractivity contribution is 5.44. The average Bonchev–Trinajstić information content (AvgIpc) is 2.27. The Bertz CT molecular complexity index is 369. The second kappa shape index (κ2) is 6.42. The Hall–Kier alpha value is -1.33. The van der Waals surface area contributed by atoms with Crippen molar-refractivity contribution in [1.82, 2.24) is 0 Å². The van der Waals surface area contributed by atoms with Gasteiger partial charge in [0.25, 0.3) is 0 Å². The molecule has 5 heteroatoms. The molecule has 0 saturated carbocycles. The van der Waals surface area contributed by atoms with E-state index in [4.69, 9.17) is 15.4 Å². The van der Waals surface area contributed by atoms with Crippen LogP contribution in [-0.4, -0.2) is 19.8 Å². The van der Waals surface area contributed by atoms with E-state index in [1.807, 2.05) is 13.8 Å². The molecule has 2 N–H and O–H groups in total. The fourth-order valence-electron chi connectivity index (χ4n) is 1.44. The van der Waals surface area contributed by atoms with Gasteiger partial charge in [-0.05, 0) is 25.5 Å². The summed E-state index contributed by atoms with van der Waals surface area (Å²) in [5.74, 6) is 5.47. The van der Waals surface area contributed by atoms with Crippen molar-refractivity contribution in [1.29, 1.82) is 0 Å². The summed E-state index contributed by atoms with van der Waals surface area (Å²) in [6, 6.07) is 2.93. The molecule has 1 rings (SSSR count). The third kappa shape index (κ3) is 3.87. The van der Waals surface area contributed by atoms with Crippen molar-refractivity contribution in [3.63, 3.8) is 0 Å². The number of rotatable bonds is 6. The van der Waals surface area contributed by atoms with Gasteiger partial charge in [0.2, 0.25) is 0 Å². The molecule has 0 aliphatic rings. The van der Waals surface area contributed by atoms with E-state index in [0.717, 1.165) is 0 Å². The maximum absolute atomic E-state index is 13.7. The third-order valence-electron chi connectivity index (χ3n) is 2.18. The van der Waals surface area contributed by atoms with Gasteiger partial charge in [0.15, 0.2) is 11.5 Å². The summed E-state index contributed by atoms with van der Waals surface area (Å²) in [5, 5.41) is 0. The minimum Gasteiger partial charge on any atom is -0.493 e. The van der Waals surface area contributed by atoms with Crippen LogP contribution in [0.25, 0.3) is 0 Å². The summed E-state index contributed by atoms with van der Waals surface area (Å²) in [7, 11) is 1.52. The molecule has 0 bridgehead atoms. The predicted molar refractivity (Wildman–Crippen MR) is 62.6 cm³/mol. The van der Waals surface area contributed by atoms with E-state index in [9.17, 15) is 4.39 Å². The van der Waals surface area contributed by atoms with Gasteiger partial charge in [-0.25, -0.2) is 10.3 Å². The van der Waals surface area contributed by atoms with Crippen LogP contribution in [0.1, 0.15) is 19.4 Å². The molecule has 0 amide bonds. The number of nitrogens with two attached hydrogens (primary N) is 1. The Morgan fingerprint density at radius 3 is 2.53 bits per heavy atom. The molecule has 1 aromatic carbocycles. The van der Waals surface area contributed by atoms with Crippen LogP contribution in [0.3, 0.4) is 0 Å². The molecule has 0 aromatic heterocycles. The largest absolute Gasteiger partial charge is 0.493 e. The third-order valence-corrected chi connectivity index (χ3v) is 2.18. The van der Waals surface area contributed by atoms with Gasteiger partial charge in [0, 0.05) is 12.5 Å². The normalized spacial score (nSPS) is 10.7. The van der Waals surface area contributed by atoms with E-state index in [0.29, 0.717) is 23.5 Å². The molecular weight excluding hydrogens is 225 g/mol. The fourth-order valence-corrected chi connectivity index (χ4v) is 1.44. The van der Waals surface area contributed by atoms with E-state index in [1.165, 1.54) is 13.2 Å². The average molecular weight is 243 g/mol. The van der Waals surface area contributed by atoms with Crippen LogP contribution < -0.4 is 15.4 Å². The Kier molecular flexibility index (Phi) is 5.18. The van der Waals surface area contributed by atoms with Crippen LogP contribution >= 0.6 is 0 Å². The quantitative estimate of drug-likeness (QED) is 0.777. The van der Waals surface area contributed by atoms with Crippen molar-refractivity contribution in [2.24, 2.45) is 5.90 Å². The highest BCUT2D eigenvalue weighted by atomic mass is 19.1. The first-order chi connectivity index (χ1) is 8.08. The molecule has 0 atom stereocenters. The summed E-state index contributed by atoms with van der Waals surface area (Å²) in [5.41, 5.74) is 0.489. The van der Waals surface area contributed by atoms with Gasteiger partial charge < -0.3 is 14.3 Å². The molecule has 0 unspecified atom stereocenters. The summed E-state index contributed by atoms with van der Waals surface area (Å²) in [6.45, 7) is 3.99. The zero-order valence-corrected chi connectivity index (χ0v) is 10.3. The second-order valence-corrected chi connectivity index (χ2v) is 3.88. The lowest BCUT2D eigenvalue weighted by Crippen LogP contribution is -2.09. The van der Waals surface area contributed by atoms with Crippen molar-refractivity contribution in [2.45, 2.75) is 26.4 Å². The lowest BCUT2D eigenvalue weighted by Gasteiger charge is -2.15. The molecule has 0 radical (unpaired) electrons. The van der Waals surface area contributed by atoms with Crippen LogP contribution in [0, 0.1) is 5.82 Å². The van der Waals surface area contributed by atoms with Gasteiger partial charge in [-0.1, -0.05) is 0 Å². The second-order valence-electron chi connectivity index (χ2n) is 3.88. The van der Waals surface area contributed by atoms with Crippen LogP contribution in [0.15, 0.2) is 12.1 Å². The SMILES string of the molecule is COc1cc(CCON)c(F)cc1OC(C)C. The van der Waals surface area contributed by atoms with Crippen molar-refractivity contribution < 1.29 is 18.7 Å². The molecule has 0 heterocycles. The van der Waals surface area contributed by atoms with Crippen LogP contribution in [0.2, 0.25) is 0 Å². The molecule has 1 aromatic rings. The monoisotopic (exact) mass is 243 g/mol. The summed E-state index contributed by atoms with van der Waals surface area (Å²) in [4.78, 5) is 4.43. The minimum absolute atomic E-state index is 0.0403. The Morgan fingerprint density at radius 1 is 1.29 bits per heavy atom. The number of ether oxygens (including phenoxy) is 2. The Labute approximate surface area is 100 Å². The number of hydrogen-bond donors (Lipinski definition) is 1. The van der Waals surface area contributed by atoms with Gasteiger partial charge in [-0.15, -0.1) is 0 Å². The Morgan fingerprint density at radius 2 is 2.00 bits per heavy atom. The summed E-state index contributed by atoms with van der Waals surface area (Å²) < 4.78 is 24.3. The molecule has 96 valence electrons.